The second-order valence-corrected chi connectivity index (χ2v) is 6.33. The molecule has 0 aliphatic carbocycles. The number of nitrogens with one attached hydrogen (secondary N) is 2. The van der Waals surface area contributed by atoms with Gasteiger partial charge in [0.1, 0.15) is 11.3 Å². The maximum atomic E-state index is 12.5. The van der Waals surface area contributed by atoms with Crippen LogP contribution in [-0.2, 0) is 0 Å². The molecule has 1 aliphatic rings. The SMILES string of the molecule is O=C(N[C@H]1CCN(c2ccccc2)C1)c1ccc(-c2ccco2)[nH]c1=O. The molecule has 6 heteroatoms. The quantitative estimate of drug-likeness (QED) is 0.759. The van der Waals surface area contributed by atoms with Gasteiger partial charge in [-0.05, 0) is 42.8 Å². The number of aromatic amines is 1. The van der Waals surface area contributed by atoms with Crippen LogP contribution in [0.4, 0.5) is 5.69 Å². The third-order valence-corrected chi connectivity index (χ3v) is 4.59. The fourth-order valence-corrected chi connectivity index (χ4v) is 3.24. The summed E-state index contributed by atoms with van der Waals surface area (Å²) in [5.74, 6) is 0.209. The minimum Gasteiger partial charge on any atom is -0.463 e. The number of hydrogen-bond acceptors (Lipinski definition) is 4. The van der Waals surface area contributed by atoms with Gasteiger partial charge in [0.25, 0.3) is 11.5 Å². The van der Waals surface area contributed by atoms with Crippen LogP contribution in [0.1, 0.15) is 16.8 Å². The number of nitrogens with zero attached hydrogens (tertiary/aromatic N) is 1. The Morgan fingerprint density at radius 2 is 1.96 bits per heavy atom. The van der Waals surface area contributed by atoms with E-state index < -0.39 is 5.56 Å². The van der Waals surface area contributed by atoms with Crippen molar-refractivity contribution in [2.75, 3.05) is 18.0 Å². The predicted molar refractivity (Wildman–Crippen MR) is 99.3 cm³/mol. The van der Waals surface area contributed by atoms with Gasteiger partial charge in [-0.2, -0.15) is 0 Å². The Balaban J connectivity index is 1.43. The summed E-state index contributed by atoms with van der Waals surface area (Å²) in [6.07, 6.45) is 2.38. The summed E-state index contributed by atoms with van der Waals surface area (Å²) in [5.41, 5.74) is 1.38. The summed E-state index contributed by atoms with van der Waals surface area (Å²) in [4.78, 5) is 29.7. The van der Waals surface area contributed by atoms with Crippen LogP contribution in [0.2, 0.25) is 0 Å². The molecule has 1 aliphatic heterocycles. The molecule has 0 unspecified atom stereocenters. The number of anilines is 1. The molecule has 2 N–H and O–H groups in total. The molecule has 0 saturated carbocycles. The van der Waals surface area contributed by atoms with Gasteiger partial charge >= 0.3 is 0 Å². The fraction of sp³-hybridized carbons (Fsp3) is 0.200. The molecule has 1 saturated heterocycles. The standard InChI is InChI=1S/C20H19N3O3/c24-19(16-8-9-17(22-20(16)25)18-7-4-12-26-18)21-14-10-11-23(13-14)15-5-2-1-3-6-15/h1-9,12,14H,10-11,13H2,(H,21,24)(H,22,25)/t14-/m0/s1. The summed E-state index contributed by atoms with van der Waals surface area (Å²) < 4.78 is 5.26. The van der Waals surface area contributed by atoms with Crippen molar-refractivity contribution in [2.24, 2.45) is 0 Å². The van der Waals surface area contributed by atoms with Crippen LogP contribution in [-0.4, -0.2) is 30.0 Å². The number of rotatable bonds is 4. The Hall–Kier alpha value is -3.28. The van der Waals surface area contributed by atoms with Gasteiger partial charge in [-0.1, -0.05) is 18.2 Å². The highest BCUT2D eigenvalue weighted by molar-refractivity contribution is 5.94. The first-order valence-corrected chi connectivity index (χ1v) is 8.59. The summed E-state index contributed by atoms with van der Waals surface area (Å²) in [6.45, 7) is 1.61. The van der Waals surface area contributed by atoms with Gasteiger partial charge < -0.3 is 19.6 Å². The molecule has 3 heterocycles. The molecule has 0 spiro atoms. The van der Waals surface area contributed by atoms with E-state index >= 15 is 0 Å². The van der Waals surface area contributed by atoms with Crippen molar-refractivity contribution >= 4 is 11.6 Å². The first-order valence-electron chi connectivity index (χ1n) is 8.59. The summed E-state index contributed by atoms with van der Waals surface area (Å²) in [6, 6.07) is 16.8. The molecule has 0 radical (unpaired) electrons. The van der Waals surface area contributed by atoms with Crippen LogP contribution in [0.25, 0.3) is 11.5 Å². The van der Waals surface area contributed by atoms with E-state index in [1.165, 1.54) is 12.3 Å². The lowest BCUT2D eigenvalue weighted by molar-refractivity contribution is 0.0939. The predicted octanol–water partition coefficient (Wildman–Crippen LogP) is 2.64. The van der Waals surface area contributed by atoms with Crippen LogP contribution in [0, 0.1) is 0 Å². The zero-order chi connectivity index (χ0) is 17.9. The third-order valence-electron chi connectivity index (χ3n) is 4.59. The maximum Gasteiger partial charge on any atom is 0.261 e. The first kappa shape index (κ1) is 16.2. The number of carbonyl (C=O) groups excluding carboxylic acids is 1. The maximum absolute atomic E-state index is 12.5. The molecule has 26 heavy (non-hydrogen) atoms. The highest BCUT2D eigenvalue weighted by Gasteiger charge is 2.25. The van der Waals surface area contributed by atoms with Crippen LogP contribution < -0.4 is 15.8 Å². The lowest BCUT2D eigenvalue weighted by Crippen LogP contribution is -2.39. The van der Waals surface area contributed by atoms with Crippen molar-refractivity contribution < 1.29 is 9.21 Å². The number of furan rings is 1. The van der Waals surface area contributed by atoms with E-state index in [1.54, 1.807) is 18.2 Å². The molecule has 0 bridgehead atoms. The molecule has 1 aromatic carbocycles. The van der Waals surface area contributed by atoms with Crippen LogP contribution in [0.5, 0.6) is 0 Å². The topological polar surface area (TPSA) is 78.3 Å². The fourth-order valence-electron chi connectivity index (χ4n) is 3.24. The summed E-state index contributed by atoms with van der Waals surface area (Å²) in [5, 5.41) is 2.97. The lowest BCUT2D eigenvalue weighted by Gasteiger charge is -2.18. The van der Waals surface area contributed by atoms with E-state index in [2.05, 4.69) is 27.3 Å². The minimum absolute atomic E-state index is 0.0202. The van der Waals surface area contributed by atoms with Gasteiger partial charge in [-0.15, -0.1) is 0 Å². The smallest absolute Gasteiger partial charge is 0.261 e. The largest absolute Gasteiger partial charge is 0.463 e. The molecule has 6 nitrogen and oxygen atoms in total. The van der Waals surface area contributed by atoms with Crippen molar-refractivity contribution in [1.82, 2.24) is 10.3 Å². The number of para-hydroxylation sites is 1. The normalized spacial score (nSPS) is 16.6. The van der Waals surface area contributed by atoms with Gasteiger partial charge in [0.15, 0.2) is 0 Å². The number of pyridine rings is 1. The number of amides is 1. The number of benzene rings is 1. The highest BCUT2D eigenvalue weighted by atomic mass is 16.3. The van der Waals surface area contributed by atoms with E-state index in [0.717, 1.165) is 25.2 Å². The number of H-pyrrole nitrogens is 1. The lowest BCUT2D eigenvalue weighted by atomic mass is 10.2. The Morgan fingerprint density at radius 3 is 2.69 bits per heavy atom. The van der Waals surface area contributed by atoms with Crippen molar-refractivity contribution in [3.8, 4) is 11.5 Å². The summed E-state index contributed by atoms with van der Waals surface area (Å²) in [7, 11) is 0. The Bertz CT molecular complexity index is 948. The molecular formula is C20H19N3O3. The van der Waals surface area contributed by atoms with E-state index in [0.29, 0.717) is 11.5 Å². The summed E-state index contributed by atoms with van der Waals surface area (Å²) >= 11 is 0. The molecule has 1 atom stereocenters. The Kier molecular flexibility index (Phi) is 4.31. The minimum atomic E-state index is -0.422. The zero-order valence-corrected chi connectivity index (χ0v) is 14.1. The van der Waals surface area contributed by atoms with Gasteiger partial charge in [-0.3, -0.25) is 9.59 Å². The van der Waals surface area contributed by atoms with E-state index in [1.807, 2.05) is 18.2 Å². The molecular weight excluding hydrogens is 330 g/mol. The molecule has 2 aromatic heterocycles. The zero-order valence-electron chi connectivity index (χ0n) is 14.1. The van der Waals surface area contributed by atoms with Gasteiger partial charge in [0, 0.05) is 24.8 Å². The van der Waals surface area contributed by atoms with Crippen LogP contribution in [0.15, 0.2) is 70.1 Å². The molecule has 132 valence electrons. The van der Waals surface area contributed by atoms with Crippen LogP contribution >= 0.6 is 0 Å². The van der Waals surface area contributed by atoms with Gasteiger partial charge in [0.2, 0.25) is 0 Å². The van der Waals surface area contributed by atoms with Crippen molar-refractivity contribution in [1.29, 1.82) is 0 Å². The first-order chi connectivity index (χ1) is 12.7. The Morgan fingerprint density at radius 1 is 1.12 bits per heavy atom. The highest BCUT2D eigenvalue weighted by Crippen LogP contribution is 2.20. The molecule has 1 amide bonds. The average molecular weight is 349 g/mol. The average Bonchev–Trinajstić information content (AvgIpc) is 3.34. The van der Waals surface area contributed by atoms with Crippen LogP contribution in [0.3, 0.4) is 0 Å². The van der Waals surface area contributed by atoms with Crippen molar-refractivity contribution in [2.45, 2.75) is 12.5 Å². The monoisotopic (exact) mass is 349 g/mol. The van der Waals surface area contributed by atoms with Crippen molar-refractivity contribution in [3.05, 3.63) is 76.8 Å². The second-order valence-electron chi connectivity index (χ2n) is 6.33. The number of aromatic nitrogens is 1. The number of carbonyl (C=O) groups is 1. The van der Waals surface area contributed by atoms with E-state index in [9.17, 15) is 9.59 Å². The molecule has 4 rings (SSSR count). The Labute approximate surface area is 150 Å². The van der Waals surface area contributed by atoms with Crippen molar-refractivity contribution in [3.63, 3.8) is 0 Å². The van der Waals surface area contributed by atoms with Gasteiger partial charge in [-0.25, -0.2) is 0 Å². The molecule has 1 fully saturated rings. The van der Waals surface area contributed by atoms with E-state index in [-0.39, 0.29) is 17.5 Å². The van der Waals surface area contributed by atoms with Gasteiger partial charge in [0.05, 0.1) is 12.0 Å². The number of hydrogen-bond donors (Lipinski definition) is 2. The molecule has 3 aromatic rings. The third kappa shape index (κ3) is 3.26. The second kappa shape index (κ2) is 6.92. The van der Waals surface area contributed by atoms with E-state index in [4.69, 9.17) is 4.42 Å².